The topological polar surface area (TPSA) is 65.5 Å². The lowest BCUT2D eigenvalue weighted by molar-refractivity contribution is -0.132. The molecule has 1 aromatic heterocycles. The third-order valence-electron chi connectivity index (χ3n) is 4.33. The molecule has 1 aromatic rings. The van der Waals surface area contributed by atoms with E-state index < -0.39 is 5.54 Å². The Morgan fingerprint density at radius 2 is 2.00 bits per heavy atom. The van der Waals surface area contributed by atoms with Crippen LogP contribution in [0.3, 0.4) is 0 Å². The summed E-state index contributed by atoms with van der Waals surface area (Å²) in [6.45, 7) is 1.99. The molecule has 1 spiro atoms. The van der Waals surface area contributed by atoms with Crippen LogP contribution in [0.15, 0.2) is 12.3 Å². The number of halogens is 2. The van der Waals surface area contributed by atoms with Gasteiger partial charge in [-0.15, -0.1) is 0 Å². The molecule has 1 N–H and O–H groups in total. The molecule has 6 nitrogen and oxygen atoms in total. The molecule has 2 fully saturated rings. The minimum absolute atomic E-state index is 0.139. The number of urea groups is 1. The molecule has 0 radical (unpaired) electrons. The highest BCUT2D eigenvalue weighted by Gasteiger charge is 2.50. The van der Waals surface area contributed by atoms with Gasteiger partial charge in [-0.05, 0) is 18.9 Å². The lowest BCUT2D eigenvalue weighted by atomic mass is 9.87. The standard InChI is InChI=1S/C14H16Cl2N4O2/c1-19-12(21)14(18-13(19)22)2-4-20(5-3-14)8-11-10(16)6-9(15)7-17-11/h6-7H,2-5,8H2,1H3,(H,18,22). The molecule has 2 aliphatic heterocycles. The molecule has 8 heteroatoms. The molecule has 118 valence electrons. The van der Waals surface area contributed by atoms with E-state index in [1.165, 1.54) is 7.05 Å². The zero-order chi connectivity index (χ0) is 15.9. The van der Waals surface area contributed by atoms with Gasteiger partial charge in [0.15, 0.2) is 0 Å². The van der Waals surface area contributed by atoms with E-state index in [4.69, 9.17) is 23.2 Å². The second kappa shape index (κ2) is 5.68. The summed E-state index contributed by atoms with van der Waals surface area (Å²) in [6.07, 6.45) is 2.75. The number of pyridine rings is 1. The van der Waals surface area contributed by atoms with E-state index in [9.17, 15) is 9.59 Å². The zero-order valence-corrected chi connectivity index (χ0v) is 13.6. The fourth-order valence-corrected chi connectivity index (χ4v) is 3.40. The molecule has 0 saturated carbocycles. The molecule has 2 aliphatic rings. The fourth-order valence-electron chi connectivity index (χ4n) is 2.96. The van der Waals surface area contributed by atoms with Gasteiger partial charge < -0.3 is 5.32 Å². The Morgan fingerprint density at radius 3 is 2.55 bits per heavy atom. The number of carbonyl (C=O) groups is 2. The van der Waals surface area contributed by atoms with Crippen molar-refractivity contribution in [3.05, 3.63) is 28.0 Å². The summed E-state index contributed by atoms with van der Waals surface area (Å²) in [5, 5.41) is 3.87. The second-order valence-electron chi connectivity index (χ2n) is 5.73. The number of amides is 3. The molecular formula is C14H16Cl2N4O2. The van der Waals surface area contributed by atoms with Crippen molar-refractivity contribution in [1.29, 1.82) is 0 Å². The van der Waals surface area contributed by atoms with Crippen molar-refractivity contribution in [2.75, 3.05) is 20.1 Å². The molecule has 3 rings (SSSR count). The van der Waals surface area contributed by atoms with E-state index in [0.717, 1.165) is 10.6 Å². The first kappa shape index (κ1) is 15.5. The predicted molar refractivity (Wildman–Crippen MR) is 82.8 cm³/mol. The van der Waals surface area contributed by atoms with Crippen LogP contribution in [0.5, 0.6) is 0 Å². The van der Waals surface area contributed by atoms with Crippen molar-refractivity contribution in [3.63, 3.8) is 0 Å². The van der Waals surface area contributed by atoms with Crippen LogP contribution in [0.2, 0.25) is 10.0 Å². The van der Waals surface area contributed by atoms with Crippen LogP contribution in [0.4, 0.5) is 4.79 Å². The summed E-state index contributed by atoms with van der Waals surface area (Å²) < 4.78 is 0. The first-order valence-corrected chi connectivity index (χ1v) is 7.79. The van der Waals surface area contributed by atoms with E-state index in [1.807, 2.05) is 0 Å². The highest BCUT2D eigenvalue weighted by atomic mass is 35.5. The van der Waals surface area contributed by atoms with Crippen molar-refractivity contribution in [3.8, 4) is 0 Å². The number of imide groups is 1. The van der Waals surface area contributed by atoms with Gasteiger partial charge in [0.25, 0.3) is 5.91 Å². The van der Waals surface area contributed by atoms with Crippen molar-refractivity contribution >= 4 is 35.1 Å². The smallest absolute Gasteiger partial charge is 0.323 e. The summed E-state index contributed by atoms with van der Waals surface area (Å²) in [7, 11) is 1.51. The summed E-state index contributed by atoms with van der Waals surface area (Å²) in [6, 6.07) is 1.35. The summed E-state index contributed by atoms with van der Waals surface area (Å²) in [5.74, 6) is -0.139. The van der Waals surface area contributed by atoms with Gasteiger partial charge in [0, 0.05) is 32.9 Å². The predicted octanol–water partition coefficient (Wildman–Crippen LogP) is 1.90. The van der Waals surface area contributed by atoms with Gasteiger partial charge in [-0.1, -0.05) is 23.2 Å². The molecule has 0 unspecified atom stereocenters. The van der Waals surface area contributed by atoms with Crippen molar-refractivity contribution < 1.29 is 9.59 Å². The van der Waals surface area contributed by atoms with Gasteiger partial charge in [-0.25, -0.2) is 4.79 Å². The SMILES string of the molecule is CN1C(=O)NC2(CCN(Cc3ncc(Cl)cc3Cl)CC2)C1=O. The van der Waals surface area contributed by atoms with Crippen molar-refractivity contribution in [2.45, 2.75) is 24.9 Å². The van der Waals surface area contributed by atoms with Gasteiger partial charge in [0.05, 0.1) is 15.7 Å². The molecule has 2 saturated heterocycles. The highest BCUT2D eigenvalue weighted by molar-refractivity contribution is 6.34. The maximum atomic E-state index is 12.2. The maximum absolute atomic E-state index is 12.2. The number of piperidine rings is 1. The minimum atomic E-state index is -0.737. The third-order valence-corrected chi connectivity index (χ3v) is 4.87. The number of likely N-dealkylation sites (tertiary alicyclic amines) is 1. The number of nitrogens with zero attached hydrogens (tertiary/aromatic N) is 3. The number of aromatic nitrogens is 1. The van der Waals surface area contributed by atoms with E-state index in [-0.39, 0.29) is 11.9 Å². The fraction of sp³-hybridized carbons (Fsp3) is 0.500. The minimum Gasteiger partial charge on any atom is -0.323 e. The average Bonchev–Trinajstić information content (AvgIpc) is 2.69. The summed E-state index contributed by atoms with van der Waals surface area (Å²) >= 11 is 12.0. The number of likely N-dealkylation sites (N-methyl/N-ethyl adjacent to an activating group) is 1. The van der Waals surface area contributed by atoms with E-state index in [0.29, 0.717) is 42.5 Å². The van der Waals surface area contributed by atoms with Gasteiger partial charge in [0.1, 0.15) is 5.54 Å². The van der Waals surface area contributed by atoms with Crippen LogP contribution in [0.1, 0.15) is 18.5 Å². The van der Waals surface area contributed by atoms with E-state index in [2.05, 4.69) is 15.2 Å². The first-order valence-electron chi connectivity index (χ1n) is 7.04. The Morgan fingerprint density at radius 1 is 1.32 bits per heavy atom. The average molecular weight is 343 g/mol. The highest BCUT2D eigenvalue weighted by Crippen LogP contribution is 2.30. The van der Waals surface area contributed by atoms with E-state index >= 15 is 0 Å². The maximum Gasteiger partial charge on any atom is 0.324 e. The molecule has 3 heterocycles. The Labute approximate surface area is 138 Å². The quantitative estimate of drug-likeness (QED) is 0.833. The zero-order valence-electron chi connectivity index (χ0n) is 12.1. The monoisotopic (exact) mass is 342 g/mol. The second-order valence-corrected chi connectivity index (χ2v) is 6.58. The number of nitrogens with one attached hydrogen (secondary N) is 1. The van der Waals surface area contributed by atoms with E-state index in [1.54, 1.807) is 12.3 Å². The Kier molecular flexibility index (Phi) is 4.01. The Balaban J connectivity index is 1.65. The van der Waals surface area contributed by atoms with Crippen LogP contribution in [-0.4, -0.2) is 52.4 Å². The molecular weight excluding hydrogens is 327 g/mol. The van der Waals surface area contributed by atoms with Gasteiger partial charge in [-0.2, -0.15) is 0 Å². The van der Waals surface area contributed by atoms with Crippen LogP contribution < -0.4 is 5.32 Å². The lowest BCUT2D eigenvalue weighted by Crippen LogP contribution is -2.54. The molecule has 3 amide bonds. The van der Waals surface area contributed by atoms with Crippen LogP contribution >= 0.6 is 23.2 Å². The van der Waals surface area contributed by atoms with Crippen molar-refractivity contribution in [1.82, 2.24) is 20.1 Å². The molecule has 22 heavy (non-hydrogen) atoms. The van der Waals surface area contributed by atoms with Crippen molar-refractivity contribution in [2.24, 2.45) is 0 Å². The lowest BCUT2D eigenvalue weighted by Gasteiger charge is -2.37. The number of hydrogen-bond acceptors (Lipinski definition) is 4. The van der Waals surface area contributed by atoms with Crippen LogP contribution in [0, 0.1) is 0 Å². The number of hydrogen-bond donors (Lipinski definition) is 1. The molecule has 0 aliphatic carbocycles. The molecule has 0 atom stereocenters. The number of rotatable bonds is 2. The van der Waals surface area contributed by atoms with Crippen LogP contribution in [0.25, 0.3) is 0 Å². The normalized spacial score (nSPS) is 21.5. The van der Waals surface area contributed by atoms with Gasteiger partial charge >= 0.3 is 6.03 Å². The van der Waals surface area contributed by atoms with Gasteiger partial charge in [0.2, 0.25) is 0 Å². The third kappa shape index (κ3) is 2.66. The van der Waals surface area contributed by atoms with Crippen LogP contribution in [-0.2, 0) is 11.3 Å². The number of carbonyl (C=O) groups excluding carboxylic acids is 2. The summed E-state index contributed by atoms with van der Waals surface area (Å²) in [5.41, 5.74) is 0.0282. The molecule has 0 bridgehead atoms. The Hall–Kier alpha value is -1.37. The molecule has 0 aromatic carbocycles. The summed E-state index contributed by atoms with van der Waals surface area (Å²) in [4.78, 5) is 31.5. The largest absolute Gasteiger partial charge is 0.324 e. The first-order chi connectivity index (χ1) is 10.4. The van der Waals surface area contributed by atoms with Gasteiger partial charge in [-0.3, -0.25) is 19.6 Å². The Bertz CT molecular complexity index is 629.